The molecular weight excluding hydrogens is 434 g/mol. The average molecular weight is 458 g/mol. The van der Waals surface area contributed by atoms with Crippen molar-refractivity contribution in [1.82, 2.24) is 15.1 Å². The Morgan fingerprint density at radius 1 is 1.07 bits per heavy atom. The molecule has 0 spiro atoms. The Morgan fingerprint density at radius 3 is 2.48 bits per heavy atom. The number of carbonyl (C=O) groups is 1. The Bertz CT molecular complexity index is 1030. The van der Waals surface area contributed by atoms with Gasteiger partial charge in [-0.3, -0.25) is 9.48 Å². The van der Waals surface area contributed by atoms with Gasteiger partial charge in [-0.25, -0.2) is 0 Å². The van der Waals surface area contributed by atoms with Crippen molar-refractivity contribution >= 4 is 21.8 Å². The van der Waals surface area contributed by atoms with E-state index in [0.717, 1.165) is 27.0 Å². The summed E-state index contributed by atoms with van der Waals surface area (Å²) in [6.45, 7) is 4.98. The SMILES string of the molecule is COc1ccc(CNC(=O)c2cccc(Cn3nc(C)c(Br)c3C)c2)cc1OC. The van der Waals surface area contributed by atoms with Gasteiger partial charge in [0.15, 0.2) is 11.5 Å². The quantitative estimate of drug-likeness (QED) is 0.575. The van der Waals surface area contributed by atoms with E-state index >= 15 is 0 Å². The largest absolute Gasteiger partial charge is 0.493 e. The van der Waals surface area contributed by atoms with Crippen LogP contribution in [0.2, 0.25) is 0 Å². The van der Waals surface area contributed by atoms with E-state index < -0.39 is 0 Å². The van der Waals surface area contributed by atoms with Crippen LogP contribution < -0.4 is 14.8 Å². The van der Waals surface area contributed by atoms with E-state index in [1.807, 2.05) is 61.0 Å². The van der Waals surface area contributed by atoms with Gasteiger partial charge >= 0.3 is 0 Å². The molecule has 3 rings (SSSR count). The van der Waals surface area contributed by atoms with E-state index in [9.17, 15) is 4.79 Å². The van der Waals surface area contributed by atoms with Gasteiger partial charge in [0, 0.05) is 12.1 Å². The first-order chi connectivity index (χ1) is 13.9. The highest BCUT2D eigenvalue weighted by molar-refractivity contribution is 9.10. The number of rotatable bonds is 7. The summed E-state index contributed by atoms with van der Waals surface area (Å²) in [5.41, 5.74) is 4.57. The third-order valence-corrected chi connectivity index (χ3v) is 5.86. The minimum absolute atomic E-state index is 0.129. The molecule has 7 heteroatoms. The van der Waals surface area contributed by atoms with E-state index in [1.165, 1.54) is 0 Å². The fourth-order valence-electron chi connectivity index (χ4n) is 3.09. The van der Waals surface area contributed by atoms with Crippen LogP contribution >= 0.6 is 15.9 Å². The van der Waals surface area contributed by atoms with Gasteiger partial charge in [-0.1, -0.05) is 18.2 Å². The number of aryl methyl sites for hydroxylation is 1. The van der Waals surface area contributed by atoms with Crippen molar-refractivity contribution in [2.75, 3.05) is 14.2 Å². The molecule has 0 radical (unpaired) electrons. The van der Waals surface area contributed by atoms with Crippen molar-refractivity contribution in [3.05, 3.63) is 75.0 Å². The zero-order valence-corrected chi connectivity index (χ0v) is 18.5. The first-order valence-electron chi connectivity index (χ1n) is 9.20. The van der Waals surface area contributed by atoms with Gasteiger partial charge in [0.25, 0.3) is 5.91 Å². The predicted octanol–water partition coefficient (Wildman–Crippen LogP) is 4.26. The van der Waals surface area contributed by atoms with Crippen LogP contribution in [0.3, 0.4) is 0 Å². The fourth-order valence-corrected chi connectivity index (χ4v) is 3.37. The molecule has 0 aliphatic heterocycles. The van der Waals surface area contributed by atoms with Crippen molar-refractivity contribution in [3.8, 4) is 11.5 Å². The Kier molecular flexibility index (Phi) is 6.59. The maximum atomic E-state index is 12.6. The van der Waals surface area contributed by atoms with Crippen molar-refractivity contribution in [2.24, 2.45) is 0 Å². The first kappa shape index (κ1) is 20.9. The molecule has 1 heterocycles. The number of carbonyl (C=O) groups excluding carboxylic acids is 1. The molecule has 6 nitrogen and oxygen atoms in total. The number of benzene rings is 2. The van der Waals surface area contributed by atoms with Crippen LogP contribution in [0.1, 0.15) is 32.9 Å². The minimum atomic E-state index is -0.129. The third kappa shape index (κ3) is 4.79. The maximum absolute atomic E-state index is 12.6. The van der Waals surface area contributed by atoms with Gasteiger partial charge in [0.2, 0.25) is 0 Å². The molecule has 3 aromatic rings. The summed E-state index contributed by atoms with van der Waals surface area (Å²) in [5, 5.41) is 7.49. The van der Waals surface area contributed by atoms with Crippen molar-refractivity contribution in [3.63, 3.8) is 0 Å². The molecule has 0 aliphatic rings. The molecular formula is C22H24BrN3O3. The summed E-state index contributed by atoms with van der Waals surface area (Å²) < 4.78 is 13.5. The minimum Gasteiger partial charge on any atom is -0.493 e. The normalized spacial score (nSPS) is 10.7. The molecule has 152 valence electrons. The van der Waals surface area contributed by atoms with Gasteiger partial charge in [-0.2, -0.15) is 5.10 Å². The topological polar surface area (TPSA) is 65.4 Å². The molecule has 0 unspecified atom stereocenters. The van der Waals surface area contributed by atoms with Crippen LogP contribution in [-0.4, -0.2) is 29.9 Å². The summed E-state index contributed by atoms with van der Waals surface area (Å²) in [5.74, 6) is 1.17. The lowest BCUT2D eigenvalue weighted by molar-refractivity contribution is 0.0950. The van der Waals surface area contributed by atoms with Gasteiger partial charge < -0.3 is 14.8 Å². The summed E-state index contributed by atoms with van der Waals surface area (Å²) in [4.78, 5) is 12.6. The Morgan fingerprint density at radius 2 is 1.83 bits per heavy atom. The van der Waals surface area contributed by atoms with E-state index in [2.05, 4.69) is 26.3 Å². The summed E-state index contributed by atoms with van der Waals surface area (Å²) in [6.07, 6.45) is 0. The monoisotopic (exact) mass is 457 g/mol. The van der Waals surface area contributed by atoms with Gasteiger partial charge in [0.05, 0.1) is 36.6 Å². The van der Waals surface area contributed by atoms with Crippen LogP contribution in [0.5, 0.6) is 11.5 Å². The molecule has 0 saturated carbocycles. The van der Waals surface area contributed by atoms with E-state index in [1.54, 1.807) is 14.2 Å². The highest BCUT2D eigenvalue weighted by atomic mass is 79.9. The molecule has 1 N–H and O–H groups in total. The smallest absolute Gasteiger partial charge is 0.251 e. The van der Waals surface area contributed by atoms with Crippen molar-refractivity contribution in [1.29, 1.82) is 0 Å². The standard InChI is InChI=1S/C22H24BrN3O3/c1-14-21(23)15(2)26(25-14)13-17-6-5-7-18(10-17)22(27)24-12-16-8-9-19(28-3)20(11-16)29-4/h5-11H,12-13H2,1-4H3,(H,24,27). The first-order valence-corrected chi connectivity index (χ1v) is 9.99. The number of aromatic nitrogens is 2. The molecule has 0 atom stereocenters. The second-order valence-electron chi connectivity index (χ2n) is 6.71. The number of nitrogens with zero attached hydrogens (tertiary/aromatic N) is 2. The Balaban J connectivity index is 1.68. The molecule has 0 saturated heterocycles. The van der Waals surface area contributed by atoms with Crippen LogP contribution in [-0.2, 0) is 13.1 Å². The lowest BCUT2D eigenvalue weighted by Crippen LogP contribution is -2.23. The van der Waals surface area contributed by atoms with E-state index in [4.69, 9.17) is 9.47 Å². The summed E-state index contributed by atoms with van der Waals surface area (Å²) >= 11 is 3.55. The zero-order chi connectivity index (χ0) is 21.0. The predicted molar refractivity (Wildman–Crippen MR) is 116 cm³/mol. The number of methoxy groups -OCH3 is 2. The van der Waals surface area contributed by atoms with Crippen molar-refractivity contribution in [2.45, 2.75) is 26.9 Å². The molecule has 1 amide bonds. The second kappa shape index (κ2) is 9.13. The molecule has 29 heavy (non-hydrogen) atoms. The number of ether oxygens (including phenoxy) is 2. The fraction of sp³-hybridized carbons (Fsp3) is 0.273. The lowest BCUT2D eigenvalue weighted by atomic mass is 10.1. The number of amides is 1. The highest BCUT2D eigenvalue weighted by Gasteiger charge is 2.11. The van der Waals surface area contributed by atoms with Crippen LogP contribution in [0.25, 0.3) is 0 Å². The summed E-state index contributed by atoms with van der Waals surface area (Å²) in [7, 11) is 3.18. The molecule has 2 aromatic carbocycles. The van der Waals surface area contributed by atoms with Crippen LogP contribution in [0.15, 0.2) is 46.9 Å². The average Bonchev–Trinajstić information content (AvgIpc) is 2.98. The summed E-state index contributed by atoms with van der Waals surface area (Å²) in [6, 6.07) is 13.2. The van der Waals surface area contributed by atoms with Crippen LogP contribution in [0.4, 0.5) is 0 Å². The van der Waals surface area contributed by atoms with Crippen molar-refractivity contribution < 1.29 is 14.3 Å². The lowest BCUT2D eigenvalue weighted by Gasteiger charge is -2.11. The maximum Gasteiger partial charge on any atom is 0.251 e. The number of hydrogen-bond donors (Lipinski definition) is 1. The van der Waals surface area contributed by atoms with E-state index in [-0.39, 0.29) is 5.91 Å². The number of hydrogen-bond acceptors (Lipinski definition) is 4. The van der Waals surface area contributed by atoms with Crippen LogP contribution in [0, 0.1) is 13.8 Å². The molecule has 0 fully saturated rings. The highest BCUT2D eigenvalue weighted by Crippen LogP contribution is 2.27. The Hall–Kier alpha value is -2.80. The van der Waals surface area contributed by atoms with Gasteiger partial charge in [-0.15, -0.1) is 0 Å². The molecule has 1 aromatic heterocycles. The second-order valence-corrected chi connectivity index (χ2v) is 7.51. The molecule has 0 bridgehead atoms. The molecule has 0 aliphatic carbocycles. The van der Waals surface area contributed by atoms with Gasteiger partial charge in [-0.05, 0) is 65.2 Å². The number of nitrogens with one attached hydrogen (secondary N) is 1. The van der Waals surface area contributed by atoms with Gasteiger partial charge in [0.1, 0.15) is 0 Å². The number of halogens is 1. The Labute approximate surface area is 179 Å². The zero-order valence-electron chi connectivity index (χ0n) is 17.0. The third-order valence-electron chi connectivity index (χ3n) is 4.72. The van der Waals surface area contributed by atoms with E-state index in [0.29, 0.717) is 30.2 Å².